The summed E-state index contributed by atoms with van der Waals surface area (Å²) in [6, 6.07) is 11.3. The number of ether oxygens (including phenoxy) is 3. The van der Waals surface area contributed by atoms with Crippen molar-refractivity contribution < 1.29 is 14.2 Å². The largest absolute Gasteiger partial charge is 0.496 e. The highest BCUT2D eigenvalue weighted by Crippen LogP contribution is 2.36. The van der Waals surface area contributed by atoms with Crippen molar-refractivity contribution in [3.63, 3.8) is 0 Å². The van der Waals surface area contributed by atoms with Gasteiger partial charge in [-0.1, -0.05) is 45.7 Å². The first-order valence-electron chi connectivity index (χ1n) is 6.36. The van der Waals surface area contributed by atoms with Crippen LogP contribution in [0.5, 0.6) is 17.2 Å². The van der Waals surface area contributed by atoms with Crippen molar-refractivity contribution in [2.45, 2.75) is 11.9 Å². The van der Waals surface area contributed by atoms with Crippen LogP contribution in [0.3, 0.4) is 0 Å². The third-order valence-corrected chi connectivity index (χ3v) is 3.85. The van der Waals surface area contributed by atoms with E-state index in [1.807, 2.05) is 30.3 Å². The maximum absolute atomic E-state index is 6.07. The molecule has 0 N–H and O–H groups in total. The van der Waals surface area contributed by atoms with Crippen LogP contribution in [0, 0.1) is 0 Å². The fourth-order valence-corrected chi connectivity index (χ4v) is 2.66. The van der Waals surface area contributed by atoms with Crippen molar-refractivity contribution in [1.82, 2.24) is 0 Å². The van der Waals surface area contributed by atoms with Crippen molar-refractivity contribution in [1.29, 1.82) is 0 Å². The van der Waals surface area contributed by atoms with Gasteiger partial charge in [-0.15, -0.1) is 0 Å². The van der Waals surface area contributed by atoms with Gasteiger partial charge in [-0.25, -0.2) is 0 Å². The smallest absolute Gasteiger partial charge is 0.165 e. The molecule has 0 radical (unpaired) electrons. The number of hydrogen-bond donors (Lipinski definition) is 0. The molecular formula is C16H16BrClO3. The molecule has 0 aliphatic rings. The third kappa shape index (κ3) is 3.83. The minimum absolute atomic E-state index is 0.391. The van der Waals surface area contributed by atoms with Gasteiger partial charge in [0.1, 0.15) is 12.4 Å². The van der Waals surface area contributed by atoms with Crippen LogP contribution in [0.25, 0.3) is 0 Å². The molecular weight excluding hydrogens is 356 g/mol. The van der Waals surface area contributed by atoms with E-state index >= 15 is 0 Å². The fourth-order valence-electron chi connectivity index (χ4n) is 2.01. The second kappa shape index (κ2) is 7.57. The summed E-state index contributed by atoms with van der Waals surface area (Å²) in [5.41, 5.74) is 1.91. The SMILES string of the molecule is COc1ccccc1COc1c(CBr)cc(Cl)cc1OC. The Morgan fingerprint density at radius 3 is 2.38 bits per heavy atom. The zero-order valence-corrected chi connectivity index (χ0v) is 14.2. The highest BCUT2D eigenvalue weighted by molar-refractivity contribution is 9.08. The van der Waals surface area contributed by atoms with Gasteiger partial charge in [0.2, 0.25) is 0 Å². The molecule has 2 rings (SSSR count). The van der Waals surface area contributed by atoms with Crippen LogP contribution in [-0.2, 0) is 11.9 Å². The van der Waals surface area contributed by atoms with Gasteiger partial charge in [-0.05, 0) is 12.1 Å². The van der Waals surface area contributed by atoms with Gasteiger partial charge in [-0.3, -0.25) is 0 Å². The first-order chi connectivity index (χ1) is 10.2. The maximum Gasteiger partial charge on any atom is 0.165 e. The van der Waals surface area contributed by atoms with Gasteiger partial charge in [-0.2, -0.15) is 0 Å². The molecule has 0 heterocycles. The van der Waals surface area contributed by atoms with E-state index < -0.39 is 0 Å². The van der Waals surface area contributed by atoms with E-state index in [4.69, 9.17) is 25.8 Å². The lowest BCUT2D eigenvalue weighted by Crippen LogP contribution is -2.02. The molecule has 21 heavy (non-hydrogen) atoms. The summed E-state index contributed by atoms with van der Waals surface area (Å²) < 4.78 is 16.6. The topological polar surface area (TPSA) is 27.7 Å². The lowest BCUT2D eigenvalue weighted by molar-refractivity contribution is 0.276. The van der Waals surface area contributed by atoms with E-state index in [0.29, 0.717) is 28.5 Å². The van der Waals surface area contributed by atoms with E-state index in [9.17, 15) is 0 Å². The standard InChI is InChI=1S/C16H16BrClO3/c1-19-14-6-4-3-5-11(14)10-21-16-12(9-17)7-13(18)8-15(16)20-2/h3-8H,9-10H2,1-2H3. The number of halogens is 2. The molecule has 0 aliphatic heterocycles. The summed E-state index contributed by atoms with van der Waals surface area (Å²) in [6.45, 7) is 0.391. The Morgan fingerprint density at radius 1 is 1.00 bits per heavy atom. The first-order valence-corrected chi connectivity index (χ1v) is 7.86. The zero-order chi connectivity index (χ0) is 15.2. The summed E-state index contributed by atoms with van der Waals surface area (Å²) in [7, 11) is 3.24. The maximum atomic E-state index is 6.07. The molecule has 0 aliphatic carbocycles. The van der Waals surface area contributed by atoms with Crippen LogP contribution in [0.4, 0.5) is 0 Å². The molecule has 0 unspecified atom stereocenters. The Labute approximate surface area is 137 Å². The Kier molecular flexibility index (Phi) is 5.76. The van der Waals surface area contributed by atoms with E-state index in [0.717, 1.165) is 16.9 Å². The van der Waals surface area contributed by atoms with E-state index in [2.05, 4.69) is 15.9 Å². The van der Waals surface area contributed by atoms with Gasteiger partial charge in [0.15, 0.2) is 11.5 Å². The molecule has 0 amide bonds. The minimum Gasteiger partial charge on any atom is -0.496 e. The number of methoxy groups -OCH3 is 2. The Bertz CT molecular complexity index is 591. The Balaban J connectivity index is 2.27. The minimum atomic E-state index is 0.391. The molecule has 0 aromatic heterocycles. The van der Waals surface area contributed by atoms with Gasteiger partial charge in [0, 0.05) is 27.5 Å². The van der Waals surface area contributed by atoms with E-state index in [1.165, 1.54) is 0 Å². The van der Waals surface area contributed by atoms with E-state index in [1.54, 1.807) is 20.3 Å². The predicted octanol–water partition coefficient (Wildman–Crippen LogP) is 4.83. The Hall–Kier alpha value is -1.39. The highest BCUT2D eigenvalue weighted by Gasteiger charge is 2.13. The number of alkyl halides is 1. The van der Waals surface area contributed by atoms with Crippen LogP contribution in [0.2, 0.25) is 5.02 Å². The predicted molar refractivity (Wildman–Crippen MR) is 88.0 cm³/mol. The third-order valence-electron chi connectivity index (χ3n) is 3.02. The summed E-state index contributed by atoms with van der Waals surface area (Å²) in [5.74, 6) is 2.10. The average molecular weight is 372 g/mol. The number of benzene rings is 2. The zero-order valence-electron chi connectivity index (χ0n) is 11.9. The Morgan fingerprint density at radius 2 is 1.71 bits per heavy atom. The molecule has 0 saturated heterocycles. The van der Waals surface area contributed by atoms with Crippen molar-refractivity contribution in [2.24, 2.45) is 0 Å². The molecule has 0 saturated carbocycles. The molecule has 112 valence electrons. The van der Waals surface area contributed by atoms with Crippen molar-refractivity contribution >= 4 is 27.5 Å². The van der Waals surface area contributed by atoms with Crippen LogP contribution >= 0.6 is 27.5 Å². The molecule has 0 fully saturated rings. The van der Waals surface area contributed by atoms with Crippen molar-refractivity contribution in [3.8, 4) is 17.2 Å². The monoisotopic (exact) mass is 370 g/mol. The average Bonchev–Trinajstić information content (AvgIpc) is 2.52. The second-order valence-electron chi connectivity index (χ2n) is 4.33. The van der Waals surface area contributed by atoms with Crippen LogP contribution in [0.1, 0.15) is 11.1 Å². The highest BCUT2D eigenvalue weighted by atomic mass is 79.9. The molecule has 3 nitrogen and oxygen atoms in total. The van der Waals surface area contributed by atoms with Crippen molar-refractivity contribution in [3.05, 3.63) is 52.5 Å². The second-order valence-corrected chi connectivity index (χ2v) is 5.33. The molecule has 0 bridgehead atoms. The van der Waals surface area contributed by atoms with Crippen molar-refractivity contribution in [2.75, 3.05) is 14.2 Å². The van der Waals surface area contributed by atoms with Crippen LogP contribution in [-0.4, -0.2) is 14.2 Å². The van der Waals surface area contributed by atoms with Crippen LogP contribution in [0.15, 0.2) is 36.4 Å². The number of para-hydroxylation sites is 1. The quantitative estimate of drug-likeness (QED) is 0.681. The lowest BCUT2D eigenvalue weighted by atomic mass is 10.2. The molecule has 2 aromatic carbocycles. The number of rotatable bonds is 6. The molecule has 5 heteroatoms. The lowest BCUT2D eigenvalue weighted by Gasteiger charge is -2.16. The summed E-state index contributed by atoms with van der Waals surface area (Å²) in [6.07, 6.45) is 0. The normalized spacial score (nSPS) is 10.3. The summed E-state index contributed by atoms with van der Waals surface area (Å²) >= 11 is 9.51. The van der Waals surface area contributed by atoms with E-state index in [-0.39, 0.29) is 0 Å². The summed E-state index contributed by atoms with van der Waals surface area (Å²) in [5, 5.41) is 1.25. The molecule has 0 spiro atoms. The molecule has 2 aromatic rings. The van der Waals surface area contributed by atoms with Gasteiger partial charge in [0.05, 0.1) is 14.2 Å². The molecule has 0 atom stereocenters. The number of hydrogen-bond acceptors (Lipinski definition) is 3. The summed E-state index contributed by atoms with van der Waals surface area (Å²) in [4.78, 5) is 0. The first kappa shape index (κ1) is 16.0. The van der Waals surface area contributed by atoms with Crippen LogP contribution < -0.4 is 14.2 Å². The fraction of sp³-hybridized carbons (Fsp3) is 0.250. The van der Waals surface area contributed by atoms with Gasteiger partial charge < -0.3 is 14.2 Å². The van der Waals surface area contributed by atoms with Gasteiger partial charge >= 0.3 is 0 Å². The van der Waals surface area contributed by atoms with Gasteiger partial charge in [0.25, 0.3) is 0 Å².